The zero-order valence-corrected chi connectivity index (χ0v) is 13.7. The Balaban J connectivity index is 2.55. The molecular weight excluding hydrogens is 386 g/mol. The third-order valence-corrected chi connectivity index (χ3v) is 5.09. The zero-order valence-electron chi connectivity index (χ0n) is 10.5. The molecular formula is C11H9BrClN3O4S. The minimum atomic E-state index is -4.08. The minimum Gasteiger partial charge on any atom is -0.478 e. The lowest BCUT2D eigenvalue weighted by Gasteiger charge is -2.12. The third kappa shape index (κ3) is 3.04. The van der Waals surface area contributed by atoms with Gasteiger partial charge < -0.3 is 5.11 Å². The molecule has 0 aliphatic rings. The Morgan fingerprint density at radius 3 is 2.67 bits per heavy atom. The van der Waals surface area contributed by atoms with Gasteiger partial charge in [-0.1, -0.05) is 17.7 Å². The predicted octanol–water partition coefficient (Wildman–Crippen LogP) is 2.33. The van der Waals surface area contributed by atoms with Crippen LogP contribution in [0.1, 0.15) is 10.4 Å². The summed E-state index contributed by atoms with van der Waals surface area (Å²) in [6.07, 6.45) is 1.19. The number of hydrogen-bond donors (Lipinski definition) is 2. The van der Waals surface area contributed by atoms with Crippen molar-refractivity contribution in [3.63, 3.8) is 0 Å². The number of anilines is 1. The van der Waals surface area contributed by atoms with Crippen LogP contribution in [0.25, 0.3) is 0 Å². The third-order valence-electron chi connectivity index (χ3n) is 2.58. The van der Waals surface area contributed by atoms with Gasteiger partial charge in [0.15, 0.2) is 5.03 Å². The van der Waals surface area contributed by atoms with E-state index in [0.717, 1.165) is 4.68 Å². The molecule has 1 heterocycles. The van der Waals surface area contributed by atoms with Crippen LogP contribution in [0.2, 0.25) is 5.02 Å². The Labute approximate surface area is 133 Å². The fourth-order valence-electron chi connectivity index (χ4n) is 1.69. The Bertz CT molecular complexity index is 799. The van der Waals surface area contributed by atoms with E-state index < -0.39 is 16.0 Å². The number of aromatic nitrogens is 2. The number of aryl methyl sites for hydroxylation is 1. The van der Waals surface area contributed by atoms with Crippen LogP contribution in [-0.4, -0.2) is 29.3 Å². The van der Waals surface area contributed by atoms with Crippen molar-refractivity contribution in [2.75, 3.05) is 4.72 Å². The monoisotopic (exact) mass is 393 g/mol. The van der Waals surface area contributed by atoms with Gasteiger partial charge in [0.25, 0.3) is 10.0 Å². The summed E-state index contributed by atoms with van der Waals surface area (Å²) in [5.74, 6) is -1.26. The molecule has 0 spiro atoms. The van der Waals surface area contributed by atoms with Gasteiger partial charge >= 0.3 is 5.97 Å². The first-order valence-corrected chi connectivity index (χ1v) is 8.11. The lowest BCUT2D eigenvalue weighted by Crippen LogP contribution is -2.19. The molecule has 112 valence electrons. The molecule has 1 aromatic carbocycles. The topological polar surface area (TPSA) is 101 Å². The van der Waals surface area contributed by atoms with Gasteiger partial charge in [-0.15, -0.1) is 0 Å². The Morgan fingerprint density at radius 2 is 2.14 bits per heavy atom. The van der Waals surface area contributed by atoms with E-state index in [1.54, 1.807) is 0 Å². The van der Waals surface area contributed by atoms with E-state index in [-0.39, 0.29) is 21.3 Å². The average Bonchev–Trinajstić information content (AvgIpc) is 2.71. The molecule has 2 rings (SSSR count). The molecule has 2 aromatic rings. The fourth-order valence-corrected chi connectivity index (χ4v) is 4.05. The second-order valence-corrected chi connectivity index (χ2v) is 6.85. The van der Waals surface area contributed by atoms with Gasteiger partial charge in [-0.3, -0.25) is 9.40 Å². The highest BCUT2D eigenvalue weighted by atomic mass is 79.9. The number of para-hydroxylation sites is 1. The van der Waals surface area contributed by atoms with E-state index in [9.17, 15) is 13.2 Å². The number of benzene rings is 1. The molecule has 2 N–H and O–H groups in total. The van der Waals surface area contributed by atoms with Crippen molar-refractivity contribution in [1.82, 2.24) is 9.78 Å². The number of halogens is 2. The van der Waals surface area contributed by atoms with E-state index in [1.807, 2.05) is 0 Å². The average molecular weight is 395 g/mol. The summed E-state index contributed by atoms with van der Waals surface area (Å²) in [5.41, 5.74) is -0.270. The molecule has 21 heavy (non-hydrogen) atoms. The van der Waals surface area contributed by atoms with Crippen molar-refractivity contribution in [2.45, 2.75) is 5.03 Å². The number of carbonyl (C=O) groups is 1. The molecule has 0 saturated carbocycles. The molecule has 0 bridgehead atoms. The van der Waals surface area contributed by atoms with Crippen molar-refractivity contribution in [3.8, 4) is 0 Å². The highest BCUT2D eigenvalue weighted by molar-refractivity contribution is 9.10. The number of nitrogens with zero attached hydrogens (tertiary/aromatic N) is 2. The van der Waals surface area contributed by atoms with E-state index in [2.05, 4.69) is 25.8 Å². The van der Waals surface area contributed by atoms with E-state index >= 15 is 0 Å². The number of hydrogen-bond acceptors (Lipinski definition) is 4. The van der Waals surface area contributed by atoms with Crippen LogP contribution in [0.4, 0.5) is 5.69 Å². The van der Waals surface area contributed by atoms with Crippen molar-refractivity contribution in [2.24, 2.45) is 7.05 Å². The molecule has 0 amide bonds. The summed E-state index contributed by atoms with van der Waals surface area (Å²) in [6, 6.07) is 4.30. The molecule has 0 unspecified atom stereocenters. The normalized spacial score (nSPS) is 11.4. The zero-order chi connectivity index (χ0) is 15.8. The maximum absolute atomic E-state index is 12.4. The van der Waals surface area contributed by atoms with E-state index in [4.69, 9.17) is 16.7 Å². The fraction of sp³-hybridized carbons (Fsp3) is 0.0909. The molecule has 0 saturated heterocycles. The summed E-state index contributed by atoms with van der Waals surface area (Å²) in [4.78, 5) is 11.2. The Hall–Kier alpha value is -1.58. The molecule has 0 aliphatic heterocycles. The summed E-state index contributed by atoms with van der Waals surface area (Å²) in [6.45, 7) is 0. The van der Waals surface area contributed by atoms with E-state index in [1.165, 1.54) is 31.4 Å². The second kappa shape index (κ2) is 5.66. The van der Waals surface area contributed by atoms with Crippen LogP contribution in [0.15, 0.2) is 33.9 Å². The van der Waals surface area contributed by atoms with Gasteiger partial charge in [-0.25, -0.2) is 4.79 Å². The van der Waals surface area contributed by atoms with Gasteiger partial charge in [0.2, 0.25) is 0 Å². The number of aromatic carboxylic acids is 1. The highest BCUT2D eigenvalue weighted by Gasteiger charge is 2.25. The number of sulfonamides is 1. The van der Waals surface area contributed by atoms with Crippen molar-refractivity contribution in [1.29, 1.82) is 0 Å². The van der Waals surface area contributed by atoms with Crippen LogP contribution in [0.5, 0.6) is 0 Å². The van der Waals surface area contributed by atoms with Crippen molar-refractivity contribution >= 4 is 49.2 Å². The molecule has 0 radical (unpaired) electrons. The molecule has 1 aromatic heterocycles. The first-order chi connectivity index (χ1) is 9.74. The number of carboxylic acid groups (broad SMARTS) is 1. The van der Waals surface area contributed by atoms with Crippen LogP contribution in [0, 0.1) is 0 Å². The van der Waals surface area contributed by atoms with Crippen LogP contribution < -0.4 is 4.72 Å². The summed E-state index contributed by atoms with van der Waals surface area (Å²) >= 11 is 8.93. The maximum atomic E-state index is 12.4. The van der Waals surface area contributed by atoms with Gasteiger partial charge in [0, 0.05) is 11.5 Å². The highest BCUT2D eigenvalue weighted by Crippen LogP contribution is 2.30. The summed E-state index contributed by atoms with van der Waals surface area (Å²) in [7, 11) is -2.67. The van der Waals surface area contributed by atoms with Crippen LogP contribution in [0.3, 0.4) is 0 Å². The summed E-state index contributed by atoms with van der Waals surface area (Å²) < 4.78 is 28.3. The predicted molar refractivity (Wildman–Crippen MR) is 80.1 cm³/mol. The first-order valence-electron chi connectivity index (χ1n) is 5.46. The molecule has 0 fully saturated rings. The molecule has 7 nitrogen and oxygen atoms in total. The first kappa shape index (κ1) is 15.8. The number of carboxylic acids is 1. The SMILES string of the molecule is Cn1ncc(Cl)c1S(=O)(=O)Nc1c(Br)cccc1C(=O)O. The molecule has 0 atom stereocenters. The van der Waals surface area contributed by atoms with Crippen molar-refractivity contribution in [3.05, 3.63) is 39.5 Å². The van der Waals surface area contributed by atoms with Gasteiger partial charge in [0.1, 0.15) is 0 Å². The Kier molecular flexibility index (Phi) is 4.26. The van der Waals surface area contributed by atoms with Crippen LogP contribution in [-0.2, 0) is 17.1 Å². The maximum Gasteiger partial charge on any atom is 0.337 e. The Morgan fingerprint density at radius 1 is 1.48 bits per heavy atom. The van der Waals surface area contributed by atoms with Crippen molar-refractivity contribution < 1.29 is 18.3 Å². The van der Waals surface area contributed by atoms with Crippen LogP contribution >= 0.6 is 27.5 Å². The lowest BCUT2D eigenvalue weighted by atomic mass is 10.2. The number of rotatable bonds is 4. The van der Waals surface area contributed by atoms with Gasteiger partial charge in [-0.2, -0.15) is 13.5 Å². The van der Waals surface area contributed by atoms with E-state index in [0.29, 0.717) is 4.47 Å². The molecule has 10 heteroatoms. The smallest absolute Gasteiger partial charge is 0.337 e. The lowest BCUT2D eigenvalue weighted by molar-refractivity contribution is 0.0698. The second-order valence-electron chi connectivity index (χ2n) is 3.99. The number of nitrogens with one attached hydrogen (secondary N) is 1. The van der Waals surface area contributed by atoms with Gasteiger partial charge in [-0.05, 0) is 28.1 Å². The quantitative estimate of drug-likeness (QED) is 0.829. The van der Waals surface area contributed by atoms with Gasteiger partial charge in [0.05, 0.1) is 22.5 Å². The molecule has 0 aliphatic carbocycles. The minimum absolute atomic E-state index is 0.0612. The largest absolute Gasteiger partial charge is 0.478 e. The summed E-state index contributed by atoms with van der Waals surface area (Å²) in [5, 5.41) is 12.6. The standard InChI is InChI=1S/C11H9BrClN3O4S/c1-16-10(8(13)5-14-16)21(19,20)15-9-6(11(17)18)3-2-4-7(9)12/h2-5,15H,1H3,(H,17,18).